The number of hydrogen-bond acceptors (Lipinski definition) is 7. The van der Waals surface area contributed by atoms with Crippen molar-refractivity contribution in [2.75, 3.05) is 13.1 Å². The van der Waals surface area contributed by atoms with Crippen molar-refractivity contribution in [3.05, 3.63) is 70.9 Å². The summed E-state index contributed by atoms with van der Waals surface area (Å²) in [7, 11) is 0. The second kappa shape index (κ2) is 9.73. The lowest BCUT2D eigenvalue weighted by molar-refractivity contribution is -0.136. The van der Waals surface area contributed by atoms with E-state index >= 15 is 0 Å². The van der Waals surface area contributed by atoms with Gasteiger partial charge in [0.1, 0.15) is 23.5 Å². The van der Waals surface area contributed by atoms with Gasteiger partial charge < -0.3 is 14.7 Å². The normalized spacial score (nSPS) is 21.9. The Bertz CT molecular complexity index is 1480. The summed E-state index contributed by atoms with van der Waals surface area (Å²) in [5.41, 5.74) is 3.17. The molecule has 3 aromatic rings. The highest BCUT2D eigenvalue weighted by Crippen LogP contribution is 2.31. The first kappa shape index (κ1) is 25.5. The Kier molecular flexibility index (Phi) is 6.35. The standard InChI is InChI=1S/C30H32N4O5/c1-30(2,38)26-9-4-19-13-18(3-7-24(19)31-26)15-33-12-11-22(17-33)39-21-5-6-23-20(14-21)16-34(29(23)37)25-8-10-27(35)32-28(25)36/h3-7,9,13-14,22,25,38H,8,10-12,15-17H2,1-2H3,(H,32,35,36)/t22-,25-/m0/s1. The molecule has 3 aliphatic heterocycles. The van der Waals surface area contributed by atoms with Crippen LogP contribution in [0.2, 0.25) is 0 Å². The van der Waals surface area contributed by atoms with Gasteiger partial charge in [-0.2, -0.15) is 0 Å². The fraction of sp³-hybridized carbons (Fsp3) is 0.400. The van der Waals surface area contributed by atoms with E-state index in [4.69, 9.17) is 4.74 Å². The van der Waals surface area contributed by atoms with Gasteiger partial charge in [0.15, 0.2) is 0 Å². The fourth-order valence-electron chi connectivity index (χ4n) is 5.73. The van der Waals surface area contributed by atoms with Crippen LogP contribution < -0.4 is 10.1 Å². The van der Waals surface area contributed by atoms with Gasteiger partial charge in [0.2, 0.25) is 11.8 Å². The molecule has 0 bridgehead atoms. The van der Waals surface area contributed by atoms with Crippen LogP contribution in [-0.4, -0.2) is 62.8 Å². The van der Waals surface area contributed by atoms with Gasteiger partial charge in [-0.25, -0.2) is 4.98 Å². The van der Waals surface area contributed by atoms with Gasteiger partial charge in [-0.1, -0.05) is 12.1 Å². The monoisotopic (exact) mass is 528 g/mol. The van der Waals surface area contributed by atoms with Crippen LogP contribution in [0.5, 0.6) is 5.75 Å². The molecule has 2 aromatic carbocycles. The molecule has 6 rings (SSSR count). The fourth-order valence-corrected chi connectivity index (χ4v) is 5.73. The van der Waals surface area contributed by atoms with Crippen molar-refractivity contribution in [2.24, 2.45) is 0 Å². The van der Waals surface area contributed by atoms with Gasteiger partial charge in [-0.15, -0.1) is 0 Å². The Morgan fingerprint density at radius 1 is 1.08 bits per heavy atom. The van der Waals surface area contributed by atoms with Crippen LogP contribution in [-0.2, 0) is 28.3 Å². The molecule has 1 aromatic heterocycles. The van der Waals surface area contributed by atoms with Crippen molar-refractivity contribution in [1.82, 2.24) is 20.1 Å². The molecule has 0 spiro atoms. The van der Waals surface area contributed by atoms with Gasteiger partial charge in [-0.3, -0.25) is 24.6 Å². The first-order valence-electron chi connectivity index (χ1n) is 13.4. The summed E-state index contributed by atoms with van der Waals surface area (Å²) in [4.78, 5) is 45.3. The maximum atomic E-state index is 12.9. The van der Waals surface area contributed by atoms with Crippen LogP contribution in [0.1, 0.15) is 60.3 Å². The van der Waals surface area contributed by atoms with E-state index in [9.17, 15) is 19.5 Å². The Labute approximate surface area is 226 Å². The summed E-state index contributed by atoms with van der Waals surface area (Å²) in [5, 5.41) is 13.6. The van der Waals surface area contributed by atoms with Crippen LogP contribution in [0.25, 0.3) is 10.9 Å². The number of piperidine rings is 1. The molecule has 3 aliphatic rings. The summed E-state index contributed by atoms with van der Waals surface area (Å²) in [6.45, 7) is 6.34. The van der Waals surface area contributed by atoms with E-state index < -0.39 is 17.6 Å². The average Bonchev–Trinajstić information content (AvgIpc) is 3.46. The first-order chi connectivity index (χ1) is 18.6. The molecule has 0 radical (unpaired) electrons. The number of carbonyl (C=O) groups is 3. The SMILES string of the molecule is CC(C)(O)c1ccc2cc(CN3CC[C@H](Oc4ccc5c(c4)CN([C@H]4CCC(=O)NC4=O)C5=O)C3)ccc2n1. The van der Waals surface area contributed by atoms with Crippen LogP contribution in [0.15, 0.2) is 48.5 Å². The van der Waals surface area contributed by atoms with E-state index in [1.54, 1.807) is 24.8 Å². The molecule has 2 atom stereocenters. The van der Waals surface area contributed by atoms with Crippen molar-refractivity contribution in [1.29, 1.82) is 0 Å². The summed E-state index contributed by atoms with van der Waals surface area (Å²) in [6, 6.07) is 15.0. The van der Waals surface area contributed by atoms with Gasteiger partial charge in [0, 0.05) is 43.5 Å². The minimum Gasteiger partial charge on any atom is -0.489 e. The number of aromatic nitrogens is 1. The molecule has 202 valence electrons. The van der Waals surface area contributed by atoms with E-state index in [0.717, 1.165) is 48.3 Å². The highest BCUT2D eigenvalue weighted by Gasteiger charge is 2.39. The zero-order chi connectivity index (χ0) is 27.3. The van der Waals surface area contributed by atoms with Crippen LogP contribution in [0.3, 0.4) is 0 Å². The summed E-state index contributed by atoms with van der Waals surface area (Å²) in [6.07, 6.45) is 1.54. The summed E-state index contributed by atoms with van der Waals surface area (Å²) >= 11 is 0. The molecule has 0 saturated carbocycles. The molecule has 9 nitrogen and oxygen atoms in total. The van der Waals surface area contributed by atoms with Crippen molar-refractivity contribution in [2.45, 2.75) is 63.9 Å². The Hall–Kier alpha value is -3.82. The second-order valence-electron chi connectivity index (χ2n) is 11.3. The van der Waals surface area contributed by atoms with E-state index in [2.05, 4.69) is 27.3 Å². The Morgan fingerprint density at radius 3 is 2.72 bits per heavy atom. The third-order valence-electron chi connectivity index (χ3n) is 7.81. The van der Waals surface area contributed by atoms with E-state index in [1.807, 2.05) is 30.3 Å². The number of nitrogens with zero attached hydrogens (tertiary/aromatic N) is 3. The van der Waals surface area contributed by atoms with Crippen molar-refractivity contribution in [3.8, 4) is 5.75 Å². The Balaban J connectivity index is 1.07. The molecule has 0 aliphatic carbocycles. The number of nitrogens with one attached hydrogen (secondary N) is 1. The molecule has 2 N–H and O–H groups in total. The molecule has 9 heteroatoms. The van der Waals surface area contributed by atoms with Crippen molar-refractivity contribution < 1.29 is 24.2 Å². The van der Waals surface area contributed by atoms with Gasteiger partial charge >= 0.3 is 0 Å². The molecule has 0 unspecified atom stereocenters. The first-order valence-corrected chi connectivity index (χ1v) is 13.4. The minimum atomic E-state index is -0.973. The maximum Gasteiger partial charge on any atom is 0.255 e. The number of carbonyl (C=O) groups excluding carboxylic acids is 3. The molecule has 3 amide bonds. The van der Waals surface area contributed by atoms with E-state index in [1.165, 1.54) is 5.56 Å². The summed E-state index contributed by atoms with van der Waals surface area (Å²) < 4.78 is 6.31. The minimum absolute atomic E-state index is 0.0443. The smallest absolute Gasteiger partial charge is 0.255 e. The molecular weight excluding hydrogens is 496 g/mol. The quantitative estimate of drug-likeness (QED) is 0.473. The zero-order valence-electron chi connectivity index (χ0n) is 22.1. The van der Waals surface area contributed by atoms with Gasteiger partial charge in [-0.05, 0) is 74.2 Å². The topological polar surface area (TPSA) is 112 Å². The average molecular weight is 529 g/mol. The number of benzene rings is 2. The number of fused-ring (bicyclic) bond motifs is 2. The molecule has 2 fully saturated rings. The zero-order valence-corrected chi connectivity index (χ0v) is 22.1. The highest BCUT2D eigenvalue weighted by molar-refractivity contribution is 6.05. The third-order valence-corrected chi connectivity index (χ3v) is 7.81. The van der Waals surface area contributed by atoms with Gasteiger partial charge in [0.05, 0.1) is 11.2 Å². The van der Waals surface area contributed by atoms with E-state index in [0.29, 0.717) is 24.2 Å². The number of likely N-dealkylation sites (tertiary alicyclic amines) is 1. The van der Waals surface area contributed by atoms with Crippen LogP contribution >= 0.6 is 0 Å². The maximum absolute atomic E-state index is 12.9. The van der Waals surface area contributed by atoms with Crippen molar-refractivity contribution in [3.63, 3.8) is 0 Å². The third kappa shape index (κ3) is 5.12. The summed E-state index contributed by atoms with van der Waals surface area (Å²) in [5.74, 6) is -0.158. The lowest BCUT2D eigenvalue weighted by Gasteiger charge is -2.29. The number of amides is 3. The van der Waals surface area contributed by atoms with Crippen molar-refractivity contribution >= 4 is 28.6 Å². The lowest BCUT2D eigenvalue weighted by atomic mass is 10.0. The number of imide groups is 1. The van der Waals surface area contributed by atoms with Crippen LogP contribution in [0.4, 0.5) is 0 Å². The molecule has 2 saturated heterocycles. The predicted molar refractivity (Wildman–Crippen MR) is 144 cm³/mol. The number of hydrogen-bond donors (Lipinski definition) is 2. The highest BCUT2D eigenvalue weighted by atomic mass is 16.5. The Morgan fingerprint density at radius 2 is 1.92 bits per heavy atom. The molecule has 39 heavy (non-hydrogen) atoms. The van der Waals surface area contributed by atoms with E-state index in [-0.39, 0.29) is 24.3 Å². The van der Waals surface area contributed by atoms with Crippen LogP contribution in [0, 0.1) is 0 Å². The number of rotatable bonds is 6. The van der Waals surface area contributed by atoms with Gasteiger partial charge in [0.25, 0.3) is 5.91 Å². The number of aliphatic hydroxyl groups is 1. The second-order valence-corrected chi connectivity index (χ2v) is 11.3. The number of ether oxygens (including phenoxy) is 1. The predicted octanol–water partition coefficient (Wildman–Crippen LogP) is 2.88. The lowest BCUT2D eigenvalue weighted by Crippen LogP contribution is -2.52. The molecular formula is C30H32N4O5. The molecule has 4 heterocycles. The number of pyridine rings is 1. The largest absolute Gasteiger partial charge is 0.489 e.